The van der Waals surface area contributed by atoms with E-state index in [4.69, 9.17) is 9.47 Å². The molecule has 0 aliphatic carbocycles. The van der Waals surface area contributed by atoms with E-state index in [0.717, 1.165) is 11.3 Å². The summed E-state index contributed by atoms with van der Waals surface area (Å²) in [6.45, 7) is 0.755. The van der Waals surface area contributed by atoms with E-state index >= 15 is 0 Å². The van der Waals surface area contributed by atoms with Crippen molar-refractivity contribution in [2.24, 2.45) is 0 Å². The van der Waals surface area contributed by atoms with Gasteiger partial charge in [0.2, 0.25) is 0 Å². The normalized spacial score (nSPS) is 11.8. The summed E-state index contributed by atoms with van der Waals surface area (Å²) in [7, 11) is 2.83. The third-order valence-electron chi connectivity index (χ3n) is 3.06. The highest BCUT2D eigenvalue weighted by Crippen LogP contribution is 2.12. The summed E-state index contributed by atoms with van der Waals surface area (Å²) in [5, 5.41) is 9.70. The zero-order chi connectivity index (χ0) is 16.4. The van der Waals surface area contributed by atoms with Crippen LogP contribution in [0, 0.1) is 0 Å². The predicted molar refractivity (Wildman–Crippen MR) is 79.5 cm³/mol. The van der Waals surface area contributed by atoms with Crippen LogP contribution in [0.3, 0.4) is 0 Å². The van der Waals surface area contributed by atoms with E-state index in [9.17, 15) is 14.7 Å². The molecule has 0 aliphatic rings. The van der Waals surface area contributed by atoms with Crippen LogP contribution in [0.2, 0.25) is 0 Å². The molecule has 0 radical (unpaired) electrons. The molecular formula is C16H22O6. The molecule has 0 fully saturated rings. The topological polar surface area (TPSA) is 82.1 Å². The zero-order valence-corrected chi connectivity index (χ0v) is 12.9. The van der Waals surface area contributed by atoms with Crippen molar-refractivity contribution in [2.45, 2.75) is 32.0 Å². The number of hydrogen-bond acceptors (Lipinski definition) is 6. The molecule has 0 spiro atoms. The quantitative estimate of drug-likeness (QED) is 0.400. The van der Waals surface area contributed by atoms with Gasteiger partial charge in [-0.3, -0.25) is 9.59 Å². The molecule has 0 saturated carbocycles. The number of rotatable bonds is 10. The summed E-state index contributed by atoms with van der Waals surface area (Å²) in [6.07, 6.45) is -0.849. The number of carbonyl (C=O) groups excluding carboxylic acids is 2. The van der Waals surface area contributed by atoms with E-state index < -0.39 is 12.1 Å². The summed E-state index contributed by atoms with van der Waals surface area (Å²) >= 11 is 0. The van der Waals surface area contributed by atoms with Gasteiger partial charge < -0.3 is 19.3 Å². The largest absolute Gasteiger partial charge is 0.497 e. The smallest absolute Gasteiger partial charge is 0.313 e. The van der Waals surface area contributed by atoms with Crippen LogP contribution >= 0.6 is 0 Å². The first-order valence-corrected chi connectivity index (χ1v) is 7.02. The number of Topliss-reactive ketones (excluding diaryl/α,β-unsaturated/α-hetero) is 1. The Morgan fingerprint density at radius 2 is 1.86 bits per heavy atom. The molecule has 1 aromatic carbocycles. The van der Waals surface area contributed by atoms with Gasteiger partial charge in [0.05, 0.1) is 26.9 Å². The van der Waals surface area contributed by atoms with Gasteiger partial charge in [0, 0.05) is 13.0 Å². The van der Waals surface area contributed by atoms with Crippen LogP contribution < -0.4 is 4.74 Å². The molecule has 122 valence electrons. The summed E-state index contributed by atoms with van der Waals surface area (Å²) in [4.78, 5) is 22.3. The maximum atomic E-state index is 11.4. The van der Waals surface area contributed by atoms with Crippen molar-refractivity contribution in [3.8, 4) is 5.75 Å². The van der Waals surface area contributed by atoms with Gasteiger partial charge in [0.15, 0.2) is 0 Å². The summed E-state index contributed by atoms with van der Waals surface area (Å²) < 4.78 is 14.9. The number of carbonyl (C=O) groups is 2. The number of esters is 1. The maximum Gasteiger partial charge on any atom is 0.313 e. The first-order chi connectivity index (χ1) is 10.5. The SMILES string of the molecule is COC(=O)CC(=O)C[C@H](O)CCOCc1ccc(OC)cc1. The van der Waals surface area contributed by atoms with Crippen molar-refractivity contribution < 1.29 is 28.9 Å². The van der Waals surface area contributed by atoms with Gasteiger partial charge in [0.1, 0.15) is 18.0 Å². The minimum atomic E-state index is -0.812. The third kappa shape index (κ3) is 7.19. The van der Waals surface area contributed by atoms with E-state index in [1.165, 1.54) is 7.11 Å². The van der Waals surface area contributed by atoms with Crippen LogP contribution in [0.25, 0.3) is 0 Å². The molecule has 1 rings (SSSR count). The number of aliphatic hydroxyl groups excluding tert-OH is 1. The fourth-order valence-electron chi connectivity index (χ4n) is 1.80. The molecule has 1 N–H and O–H groups in total. The molecule has 1 atom stereocenters. The maximum absolute atomic E-state index is 11.4. The van der Waals surface area contributed by atoms with Gasteiger partial charge in [0.25, 0.3) is 0 Å². The van der Waals surface area contributed by atoms with E-state index in [2.05, 4.69) is 4.74 Å². The second kappa shape index (κ2) is 9.92. The van der Waals surface area contributed by atoms with Gasteiger partial charge in [-0.1, -0.05) is 12.1 Å². The first kappa shape index (κ1) is 18.1. The van der Waals surface area contributed by atoms with Crippen LogP contribution in [-0.4, -0.2) is 43.8 Å². The molecule has 22 heavy (non-hydrogen) atoms. The molecule has 0 amide bonds. The van der Waals surface area contributed by atoms with Crippen LogP contribution in [-0.2, 0) is 25.7 Å². The van der Waals surface area contributed by atoms with Gasteiger partial charge in [-0.15, -0.1) is 0 Å². The number of ketones is 1. The van der Waals surface area contributed by atoms with Gasteiger partial charge >= 0.3 is 5.97 Å². The molecule has 6 nitrogen and oxygen atoms in total. The number of aliphatic hydroxyl groups is 1. The average Bonchev–Trinajstić information content (AvgIpc) is 2.51. The monoisotopic (exact) mass is 310 g/mol. The lowest BCUT2D eigenvalue weighted by atomic mass is 10.1. The van der Waals surface area contributed by atoms with Crippen molar-refractivity contribution in [2.75, 3.05) is 20.8 Å². The Hall–Kier alpha value is -1.92. The van der Waals surface area contributed by atoms with Crippen molar-refractivity contribution in [3.63, 3.8) is 0 Å². The lowest BCUT2D eigenvalue weighted by Crippen LogP contribution is -2.18. The fraction of sp³-hybridized carbons (Fsp3) is 0.500. The molecule has 0 unspecified atom stereocenters. The van der Waals surface area contributed by atoms with E-state index in [0.29, 0.717) is 19.6 Å². The molecule has 0 heterocycles. The Kier molecular flexibility index (Phi) is 8.17. The van der Waals surface area contributed by atoms with E-state index in [-0.39, 0.29) is 18.6 Å². The van der Waals surface area contributed by atoms with E-state index in [1.54, 1.807) is 7.11 Å². The first-order valence-electron chi connectivity index (χ1n) is 7.02. The Bertz CT molecular complexity index is 468. The number of ether oxygens (including phenoxy) is 3. The minimum absolute atomic E-state index is 0.0685. The van der Waals surface area contributed by atoms with Gasteiger partial charge in [-0.05, 0) is 24.1 Å². The molecule has 0 saturated heterocycles. The lowest BCUT2D eigenvalue weighted by Gasteiger charge is -2.10. The zero-order valence-electron chi connectivity index (χ0n) is 12.9. The predicted octanol–water partition coefficient (Wildman–Crippen LogP) is 1.49. The lowest BCUT2D eigenvalue weighted by molar-refractivity contribution is -0.143. The van der Waals surface area contributed by atoms with Crippen LogP contribution in [0.15, 0.2) is 24.3 Å². The summed E-state index contributed by atoms with van der Waals surface area (Å²) in [5.74, 6) is -0.147. The Labute approximate surface area is 130 Å². The molecule has 0 aliphatic heterocycles. The molecule has 6 heteroatoms. The van der Waals surface area contributed by atoms with Crippen molar-refractivity contribution in [1.29, 1.82) is 0 Å². The Balaban J connectivity index is 2.17. The highest BCUT2D eigenvalue weighted by molar-refractivity contribution is 5.95. The molecular weight excluding hydrogens is 288 g/mol. The Morgan fingerprint density at radius 3 is 2.45 bits per heavy atom. The van der Waals surface area contributed by atoms with Crippen molar-refractivity contribution >= 4 is 11.8 Å². The van der Waals surface area contributed by atoms with Crippen LogP contribution in [0.1, 0.15) is 24.8 Å². The van der Waals surface area contributed by atoms with Crippen molar-refractivity contribution in [1.82, 2.24) is 0 Å². The molecule has 0 bridgehead atoms. The summed E-state index contributed by atoms with van der Waals surface area (Å²) in [6, 6.07) is 7.49. The third-order valence-corrected chi connectivity index (χ3v) is 3.06. The second-order valence-electron chi connectivity index (χ2n) is 4.84. The highest BCUT2D eigenvalue weighted by atomic mass is 16.5. The Morgan fingerprint density at radius 1 is 1.18 bits per heavy atom. The highest BCUT2D eigenvalue weighted by Gasteiger charge is 2.14. The average molecular weight is 310 g/mol. The molecule has 1 aromatic rings. The minimum Gasteiger partial charge on any atom is -0.497 e. The second-order valence-corrected chi connectivity index (χ2v) is 4.84. The molecule has 0 aromatic heterocycles. The number of hydrogen-bond donors (Lipinski definition) is 1. The van der Waals surface area contributed by atoms with E-state index in [1.807, 2.05) is 24.3 Å². The van der Waals surface area contributed by atoms with Gasteiger partial charge in [-0.25, -0.2) is 0 Å². The fourth-order valence-corrected chi connectivity index (χ4v) is 1.80. The van der Waals surface area contributed by atoms with Crippen LogP contribution in [0.5, 0.6) is 5.75 Å². The number of benzene rings is 1. The standard InChI is InChI=1S/C16H22O6/c1-20-15-5-3-12(4-6-15)11-22-8-7-13(17)9-14(18)10-16(19)21-2/h3-6,13,17H,7-11H2,1-2H3/t13-/m1/s1. The van der Waals surface area contributed by atoms with Crippen LogP contribution in [0.4, 0.5) is 0 Å². The number of methoxy groups -OCH3 is 2. The van der Waals surface area contributed by atoms with Crippen molar-refractivity contribution in [3.05, 3.63) is 29.8 Å². The van der Waals surface area contributed by atoms with Gasteiger partial charge in [-0.2, -0.15) is 0 Å². The summed E-state index contributed by atoms with van der Waals surface area (Å²) in [5.41, 5.74) is 0.997.